The summed E-state index contributed by atoms with van der Waals surface area (Å²) in [5, 5.41) is 0.819. The summed E-state index contributed by atoms with van der Waals surface area (Å²) in [6.07, 6.45) is 2.16. The molecule has 44 valence electrons. The molecule has 0 nitrogen and oxygen atoms in total. The van der Waals surface area contributed by atoms with Gasteiger partial charge in [-0.2, -0.15) is 11.8 Å². The maximum Gasteiger partial charge on any atom is 0.00389 e. The van der Waals surface area contributed by atoms with Crippen LogP contribution < -0.4 is 0 Å². The van der Waals surface area contributed by atoms with E-state index in [2.05, 4.69) is 27.0 Å². The molecule has 0 aliphatic heterocycles. The number of hydrogen-bond acceptors (Lipinski definition) is 1. The van der Waals surface area contributed by atoms with Crippen molar-refractivity contribution in [3.63, 3.8) is 0 Å². The first-order chi connectivity index (χ1) is 3.18. The molecule has 0 bridgehead atoms. The zero-order valence-corrected chi connectivity index (χ0v) is 6.38. The van der Waals surface area contributed by atoms with Gasteiger partial charge in [0.1, 0.15) is 0 Å². The Kier molecular flexibility index (Phi) is 3.53. The second-order valence-corrected chi connectivity index (χ2v) is 3.40. The van der Waals surface area contributed by atoms with Gasteiger partial charge in [0.15, 0.2) is 0 Å². The molecule has 0 rings (SSSR count). The molecule has 0 unspecified atom stereocenters. The Morgan fingerprint density at radius 1 is 1.14 bits per heavy atom. The highest BCUT2D eigenvalue weighted by molar-refractivity contribution is 7.99. The molecule has 0 aromatic carbocycles. The van der Waals surface area contributed by atoms with E-state index in [1.54, 1.807) is 0 Å². The van der Waals surface area contributed by atoms with E-state index in [0.717, 1.165) is 11.2 Å². The molecular weight excluding hydrogens is 104 g/mol. The smallest absolute Gasteiger partial charge is 0.00389 e. The Balaban J connectivity index is 3.14. The molecule has 0 aromatic heterocycles. The van der Waals surface area contributed by atoms with Crippen LogP contribution in [-0.2, 0) is 0 Å². The fraction of sp³-hybridized carbons (Fsp3) is 1.00. The average molecular weight is 118 g/mol. The van der Waals surface area contributed by atoms with Crippen molar-refractivity contribution in [1.29, 1.82) is 0 Å². The van der Waals surface area contributed by atoms with Crippen molar-refractivity contribution in [2.24, 2.45) is 5.92 Å². The minimum atomic E-state index is 0.819. The van der Waals surface area contributed by atoms with E-state index in [0.29, 0.717) is 0 Å². The molecule has 0 radical (unpaired) electrons. The Hall–Kier alpha value is 0.350. The van der Waals surface area contributed by atoms with E-state index in [-0.39, 0.29) is 0 Å². The van der Waals surface area contributed by atoms with Gasteiger partial charge in [0.05, 0.1) is 0 Å². The highest BCUT2D eigenvalue weighted by atomic mass is 32.2. The summed E-state index contributed by atoms with van der Waals surface area (Å²) in [4.78, 5) is 0. The Bertz CT molecular complexity index is 41.4. The first-order valence-corrected chi connectivity index (χ1v) is 4.00. The number of hydrogen-bond donors (Lipinski definition) is 0. The Labute approximate surface area is 50.7 Å². The summed E-state index contributed by atoms with van der Waals surface area (Å²) in [5.41, 5.74) is 0. The van der Waals surface area contributed by atoms with E-state index in [1.165, 1.54) is 0 Å². The van der Waals surface area contributed by atoms with Crippen LogP contribution in [0.3, 0.4) is 0 Å². The third-order valence-corrected chi connectivity index (χ3v) is 2.60. The van der Waals surface area contributed by atoms with Crippen molar-refractivity contribution in [3.05, 3.63) is 0 Å². The zero-order chi connectivity index (χ0) is 5.86. The van der Waals surface area contributed by atoms with Crippen LogP contribution in [-0.4, -0.2) is 11.5 Å². The van der Waals surface area contributed by atoms with Gasteiger partial charge >= 0.3 is 0 Å². The molecule has 0 N–H and O–H groups in total. The molecule has 0 fully saturated rings. The maximum atomic E-state index is 2.26. The van der Waals surface area contributed by atoms with Crippen LogP contribution in [0.4, 0.5) is 0 Å². The lowest BCUT2D eigenvalue weighted by Crippen LogP contribution is -2.03. The Morgan fingerprint density at radius 3 is 1.57 bits per heavy atom. The van der Waals surface area contributed by atoms with Crippen molar-refractivity contribution in [3.8, 4) is 0 Å². The molecule has 0 amide bonds. The van der Waals surface area contributed by atoms with Crippen LogP contribution in [0.15, 0.2) is 0 Å². The van der Waals surface area contributed by atoms with Gasteiger partial charge in [0.25, 0.3) is 0 Å². The third-order valence-electron chi connectivity index (χ3n) is 1.31. The molecule has 0 aromatic rings. The predicted molar refractivity (Wildman–Crippen MR) is 37.8 cm³/mol. The number of rotatable bonds is 2. The average Bonchev–Trinajstić information content (AvgIpc) is 1.65. The van der Waals surface area contributed by atoms with Crippen molar-refractivity contribution in [2.45, 2.75) is 26.0 Å². The Morgan fingerprint density at radius 2 is 1.57 bits per heavy atom. The van der Waals surface area contributed by atoms with Gasteiger partial charge in [0, 0.05) is 5.25 Å². The second-order valence-electron chi connectivity index (χ2n) is 2.18. The van der Waals surface area contributed by atoms with E-state index in [4.69, 9.17) is 0 Å². The topological polar surface area (TPSA) is 0 Å². The largest absolute Gasteiger partial charge is 0.162 e. The first-order valence-electron chi connectivity index (χ1n) is 2.71. The van der Waals surface area contributed by atoms with Gasteiger partial charge in [-0.3, -0.25) is 0 Å². The molecule has 0 aliphatic carbocycles. The lowest BCUT2D eigenvalue weighted by molar-refractivity contribution is 0.643. The summed E-state index contributed by atoms with van der Waals surface area (Å²) in [7, 11) is 0. The van der Waals surface area contributed by atoms with Crippen LogP contribution in [0, 0.1) is 5.92 Å². The molecule has 0 aliphatic rings. The highest BCUT2D eigenvalue weighted by Crippen LogP contribution is 2.14. The van der Waals surface area contributed by atoms with Crippen molar-refractivity contribution in [2.75, 3.05) is 6.26 Å². The van der Waals surface area contributed by atoms with Crippen LogP contribution in [0.2, 0.25) is 0 Å². The van der Waals surface area contributed by atoms with Crippen LogP contribution in [0.1, 0.15) is 20.8 Å². The summed E-state index contributed by atoms with van der Waals surface area (Å²) in [5.74, 6) is 0.829. The summed E-state index contributed by atoms with van der Waals surface area (Å²) >= 11 is 1.93. The molecule has 1 atom stereocenters. The molecular formula is C6H14S. The van der Waals surface area contributed by atoms with E-state index in [9.17, 15) is 0 Å². The fourth-order valence-corrected chi connectivity index (χ4v) is 0.816. The van der Waals surface area contributed by atoms with E-state index < -0.39 is 0 Å². The zero-order valence-electron chi connectivity index (χ0n) is 5.56. The quantitative estimate of drug-likeness (QED) is 0.536. The van der Waals surface area contributed by atoms with Gasteiger partial charge in [-0.1, -0.05) is 20.8 Å². The predicted octanol–water partition coefficient (Wildman–Crippen LogP) is 2.39. The van der Waals surface area contributed by atoms with Gasteiger partial charge in [-0.25, -0.2) is 0 Å². The molecule has 7 heavy (non-hydrogen) atoms. The van der Waals surface area contributed by atoms with Crippen LogP contribution >= 0.6 is 11.8 Å². The minimum Gasteiger partial charge on any atom is -0.162 e. The minimum absolute atomic E-state index is 0.819. The first kappa shape index (κ1) is 7.35. The SMILES string of the molecule is CS[C@@H](C)C(C)C. The summed E-state index contributed by atoms with van der Waals surface area (Å²) in [6, 6.07) is 0. The maximum absolute atomic E-state index is 2.26. The van der Waals surface area contributed by atoms with Gasteiger partial charge < -0.3 is 0 Å². The third kappa shape index (κ3) is 2.98. The molecule has 0 saturated heterocycles. The van der Waals surface area contributed by atoms with Gasteiger partial charge in [-0.05, 0) is 12.2 Å². The van der Waals surface area contributed by atoms with Crippen molar-refractivity contribution >= 4 is 11.8 Å². The van der Waals surface area contributed by atoms with Crippen molar-refractivity contribution < 1.29 is 0 Å². The van der Waals surface area contributed by atoms with E-state index in [1.807, 2.05) is 11.8 Å². The number of thioether (sulfide) groups is 1. The van der Waals surface area contributed by atoms with Crippen LogP contribution in [0.5, 0.6) is 0 Å². The van der Waals surface area contributed by atoms with E-state index >= 15 is 0 Å². The normalized spacial score (nSPS) is 15.0. The highest BCUT2D eigenvalue weighted by Gasteiger charge is 2.01. The van der Waals surface area contributed by atoms with Gasteiger partial charge in [0.2, 0.25) is 0 Å². The van der Waals surface area contributed by atoms with Crippen molar-refractivity contribution in [1.82, 2.24) is 0 Å². The lowest BCUT2D eigenvalue weighted by Gasteiger charge is -2.10. The fourth-order valence-electron chi connectivity index (χ4n) is 0.272. The molecule has 1 heteroatoms. The summed E-state index contributed by atoms with van der Waals surface area (Å²) < 4.78 is 0. The lowest BCUT2D eigenvalue weighted by atomic mass is 10.2. The molecule has 0 spiro atoms. The molecule has 0 heterocycles. The van der Waals surface area contributed by atoms with Crippen LogP contribution in [0.25, 0.3) is 0 Å². The standard InChI is InChI=1S/C6H14S/c1-5(2)6(3)7-4/h5-6H,1-4H3/t6-/m0/s1. The summed E-state index contributed by atoms with van der Waals surface area (Å²) in [6.45, 7) is 6.76. The second kappa shape index (κ2) is 3.36. The van der Waals surface area contributed by atoms with Gasteiger partial charge in [-0.15, -0.1) is 0 Å². The molecule has 0 saturated carbocycles. The monoisotopic (exact) mass is 118 g/mol.